The third-order valence-corrected chi connectivity index (χ3v) is 5.40. The van der Waals surface area contributed by atoms with Gasteiger partial charge >= 0.3 is 0 Å². The van der Waals surface area contributed by atoms with Crippen LogP contribution >= 0.6 is 0 Å². The second-order valence-corrected chi connectivity index (χ2v) is 8.14. The first-order valence-corrected chi connectivity index (χ1v) is 11.7. The van der Waals surface area contributed by atoms with E-state index in [0.717, 1.165) is 53.4 Å². The zero-order valence-electron chi connectivity index (χ0n) is 21.5. The molecule has 180 valence electrons. The Morgan fingerprint density at radius 1 is 1.18 bits per heavy atom. The summed E-state index contributed by atoms with van der Waals surface area (Å²) in [7, 11) is 5.65. The van der Waals surface area contributed by atoms with E-state index in [-0.39, 0.29) is 0 Å². The van der Waals surface area contributed by atoms with E-state index in [2.05, 4.69) is 90.0 Å². The fourth-order valence-corrected chi connectivity index (χ4v) is 3.15. The summed E-state index contributed by atoms with van der Waals surface area (Å²) < 4.78 is 0. The van der Waals surface area contributed by atoms with Gasteiger partial charge in [0.2, 0.25) is 0 Å². The van der Waals surface area contributed by atoms with E-state index in [0.29, 0.717) is 5.92 Å². The van der Waals surface area contributed by atoms with Crippen molar-refractivity contribution in [3.05, 3.63) is 89.3 Å². The molecule has 0 aliphatic heterocycles. The zero-order chi connectivity index (χ0) is 24.6. The fourth-order valence-electron chi connectivity index (χ4n) is 3.15. The van der Waals surface area contributed by atoms with Gasteiger partial charge in [0.05, 0.1) is 11.5 Å². The summed E-state index contributed by atoms with van der Waals surface area (Å²) in [5, 5.41) is 13.6. The van der Waals surface area contributed by atoms with Crippen LogP contribution in [0, 0.1) is 12.8 Å². The lowest BCUT2D eigenvalue weighted by Crippen LogP contribution is -2.24. The summed E-state index contributed by atoms with van der Waals surface area (Å²) in [5.74, 6) is 1.46. The highest BCUT2D eigenvalue weighted by molar-refractivity contribution is 5.84. The van der Waals surface area contributed by atoms with Crippen molar-refractivity contribution in [2.75, 3.05) is 34.2 Å². The Morgan fingerprint density at radius 3 is 2.42 bits per heavy atom. The van der Waals surface area contributed by atoms with Crippen LogP contribution in [0.3, 0.4) is 0 Å². The minimum atomic E-state index is 0.635. The molecule has 0 aromatic heterocycles. The Balaban J connectivity index is 3.67. The molecule has 0 amide bonds. The van der Waals surface area contributed by atoms with Gasteiger partial charge in [-0.3, -0.25) is 4.99 Å². The van der Waals surface area contributed by atoms with Crippen molar-refractivity contribution >= 4 is 11.5 Å². The summed E-state index contributed by atoms with van der Waals surface area (Å²) in [6.45, 7) is 14.2. The predicted molar refractivity (Wildman–Crippen MR) is 146 cm³/mol. The van der Waals surface area contributed by atoms with Gasteiger partial charge in [-0.05, 0) is 61.9 Å². The van der Waals surface area contributed by atoms with E-state index in [1.54, 1.807) is 13.1 Å². The largest absolute Gasteiger partial charge is 0.394 e. The van der Waals surface area contributed by atoms with Gasteiger partial charge in [0.25, 0.3) is 0 Å². The maximum absolute atomic E-state index is 4.30. The van der Waals surface area contributed by atoms with Gasteiger partial charge in [-0.15, -0.1) is 0 Å². The number of aryl methyl sites for hydroxylation is 1. The van der Waals surface area contributed by atoms with Crippen LogP contribution in [0.15, 0.2) is 83.2 Å². The highest BCUT2D eigenvalue weighted by Gasteiger charge is 2.13. The molecular formula is C28H43N5. The molecule has 0 saturated carbocycles. The van der Waals surface area contributed by atoms with Crippen LogP contribution in [0.1, 0.15) is 38.3 Å². The molecular weight excluding hydrogens is 406 g/mol. The van der Waals surface area contributed by atoms with Gasteiger partial charge in [0, 0.05) is 39.0 Å². The Kier molecular flexibility index (Phi) is 13.3. The normalized spacial score (nSPS) is 14.7. The molecule has 1 unspecified atom stereocenters. The maximum Gasteiger partial charge on any atom is 0.0972 e. The van der Waals surface area contributed by atoms with Gasteiger partial charge in [-0.1, -0.05) is 62.8 Å². The number of hydrogen-bond donors (Lipinski definition) is 4. The lowest BCUT2D eigenvalue weighted by molar-refractivity contribution is 0.514. The molecule has 4 N–H and O–H groups in total. The SMILES string of the molecule is C=C/C=C(NC(C)=NC)/C(/C=C(\C=C/NC)CNCC(C)CC)=C(/NC)c1ccc(C)cc1. The second-order valence-electron chi connectivity index (χ2n) is 8.14. The van der Waals surface area contributed by atoms with E-state index in [9.17, 15) is 0 Å². The molecule has 0 fully saturated rings. The van der Waals surface area contributed by atoms with Crippen molar-refractivity contribution in [2.24, 2.45) is 10.9 Å². The Labute approximate surface area is 201 Å². The quantitative estimate of drug-likeness (QED) is 0.196. The minimum Gasteiger partial charge on any atom is -0.394 e. The van der Waals surface area contributed by atoms with Gasteiger partial charge in [0.1, 0.15) is 0 Å². The molecule has 1 rings (SSSR count). The van der Waals surface area contributed by atoms with Crippen molar-refractivity contribution in [3.63, 3.8) is 0 Å². The zero-order valence-corrected chi connectivity index (χ0v) is 21.5. The average Bonchev–Trinajstić information content (AvgIpc) is 2.82. The summed E-state index contributed by atoms with van der Waals surface area (Å²) in [4.78, 5) is 4.30. The first-order valence-electron chi connectivity index (χ1n) is 11.7. The number of rotatable bonds is 13. The number of allylic oxidation sites excluding steroid dienone is 3. The molecule has 0 bridgehead atoms. The topological polar surface area (TPSA) is 60.5 Å². The number of nitrogens with zero attached hydrogens (tertiary/aromatic N) is 1. The monoisotopic (exact) mass is 449 g/mol. The van der Waals surface area contributed by atoms with Gasteiger partial charge < -0.3 is 21.3 Å². The smallest absolute Gasteiger partial charge is 0.0972 e. The maximum atomic E-state index is 4.30. The lowest BCUT2D eigenvalue weighted by Gasteiger charge is -2.19. The third-order valence-electron chi connectivity index (χ3n) is 5.40. The molecule has 1 aromatic carbocycles. The molecule has 33 heavy (non-hydrogen) atoms. The predicted octanol–water partition coefficient (Wildman–Crippen LogP) is 4.93. The van der Waals surface area contributed by atoms with Crippen LogP contribution in [0.5, 0.6) is 0 Å². The lowest BCUT2D eigenvalue weighted by atomic mass is 9.99. The van der Waals surface area contributed by atoms with Crippen molar-refractivity contribution in [1.29, 1.82) is 0 Å². The summed E-state index contributed by atoms with van der Waals surface area (Å²) in [5.41, 5.74) is 6.48. The van der Waals surface area contributed by atoms with Crippen LogP contribution in [-0.4, -0.2) is 40.1 Å². The van der Waals surface area contributed by atoms with Gasteiger partial charge in [-0.25, -0.2) is 0 Å². The van der Waals surface area contributed by atoms with Gasteiger partial charge in [-0.2, -0.15) is 0 Å². The van der Waals surface area contributed by atoms with Crippen LogP contribution in [0.25, 0.3) is 5.70 Å². The van der Waals surface area contributed by atoms with Crippen molar-refractivity contribution < 1.29 is 0 Å². The van der Waals surface area contributed by atoms with E-state index in [4.69, 9.17) is 0 Å². The van der Waals surface area contributed by atoms with Crippen molar-refractivity contribution in [2.45, 2.75) is 34.1 Å². The van der Waals surface area contributed by atoms with Crippen LogP contribution in [-0.2, 0) is 0 Å². The van der Waals surface area contributed by atoms with E-state index >= 15 is 0 Å². The number of hydrogen-bond acceptors (Lipinski definition) is 4. The van der Waals surface area contributed by atoms with E-state index < -0.39 is 0 Å². The van der Waals surface area contributed by atoms with E-state index in [1.165, 1.54) is 5.56 Å². The van der Waals surface area contributed by atoms with E-state index in [1.807, 2.05) is 33.3 Å². The van der Waals surface area contributed by atoms with Crippen molar-refractivity contribution in [1.82, 2.24) is 21.3 Å². The third kappa shape index (κ3) is 9.96. The molecule has 0 aliphatic rings. The average molecular weight is 450 g/mol. The Bertz CT molecular complexity index is 885. The summed E-state index contributed by atoms with van der Waals surface area (Å²) >= 11 is 0. The number of amidine groups is 1. The number of benzene rings is 1. The standard InChI is InChI=1S/C28H43N5/c1-9-11-27(33-23(5)30-7)26(28(31-8)25-14-12-22(4)13-15-25)18-24(16-17-29-6)20-32-19-21(3)10-2/h9,11-18,21,29,31-32H,1,10,19-20H2,2-8H3,(H,30,33)/b17-16-,24-18+,27-11-,28-26+. The molecule has 0 spiro atoms. The van der Waals surface area contributed by atoms with Gasteiger partial charge in [0.15, 0.2) is 0 Å². The Morgan fingerprint density at radius 2 is 1.88 bits per heavy atom. The molecule has 5 heteroatoms. The van der Waals surface area contributed by atoms with Crippen LogP contribution in [0.2, 0.25) is 0 Å². The molecule has 1 aromatic rings. The highest BCUT2D eigenvalue weighted by atomic mass is 15.0. The molecule has 0 heterocycles. The van der Waals surface area contributed by atoms with Crippen LogP contribution < -0.4 is 21.3 Å². The summed E-state index contributed by atoms with van der Waals surface area (Å²) in [6.07, 6.45) is 11.2. The van der Waals surface area contributed by atoms with Crippen LogP contribution in [0.4, 0.5) is 0 Å². The molecule has 1 atom stereocenters. The molecule has 0 radical (unpaired) electrons. The molecule has 0 aliphatic carbocycles. The number of nitrogens with one attached hydrogen (secondary N) is 4. The minimum absolute atomic E-state index is 0.635. The second kappa shape index (κ2) is 15.7. The Hall–Kier alpha value is -3.05. The van der Waals surface area contributed by atoms with Crippen molar-refractivity contribution in [3.8, 4) is 0 Å². The fraction of sp³-hybridized carbons (Fsp3) is 0.393. The highest BCUT2D eigenvalue weighted by Crippen LogP contribution is 2.24. The first kappa shape index (κ1) is 28.0. The summed E-state index contributed by atoms with van der Waals surface area (Å²) in [6, 6.07) is 8.55. The number of aliphatic imine (C=N–C) groups is 1. The molecule has 5 nitrogen and oxygen atoms in total. The first-order chi connectivity index (χ1) is 15.9. The molecule has 0 saturated heterocycles.